The van der Waals surface area contributed by atoms with Crippen molar-refractivity contribution in [1.29, 1.82) is 0 Å². The summed E-state index contributed by atoms with van der Waals surface area (Å²) in [6.45, 7) is 6.45. The van der Waals surface area contributed by atoms with Crippen molar-refractivity contribution in [3.63, 3.8) is 0 Å². The third kappa shape index (κ3) is 4.39. The van der Waals surface area contributed by atoms with E-state index >= 15 is 0 Å². The molecule has 1 aliphatic rings. The van der Waals surface area contributed by atoms with E-state index in [1.165, 1.54) is 18.7 Å². The summed E-state index contributed by atoms with van der Waals surface area (Å²) in [6.07, 6.45) is 3.18. The summed E-state index contributed by atoms with van der Waals surface area (Å²) in [7, 11) is 0. The van der Waals surface area contributed by atoms with Gasteiger partial charge in [0.05, 0.1) is 0 Å². The van der Waals surface area contributed by atoms with Gasteiger partial charge in [0.2, 0.25) is 0 Å². The molecule has 19 heavy (non-hydrogen) atoms. The molecule has 0 saturated carbocycles. The van der Waals surface area contributed by atoms with Crippen LogP contribution in [-0.2, 0) is 0 Å². The number of hydrogen-bond donors (Lipinski definition) is 2. The molecule has 2 atom stereocenters. The summed E-state index contributed by atoms with van der Waals surface area (Å²) in [6, 6.07) is 4.16. The van der Waals surface area contributed by atoms with Gasteiger partial charge < -0.3 is 0 Å². The van der Waals surface area contributed by atoms with E-state index in [2.05, 4.69) is 33.0 Å². The summed E-state index contributed by atoms with van der Waals surface area (Å²) in [4.78, 5) is 6.76. The van der Waals surface area contributed by atoms with Crippen molar-refractivity contribution in [2.24, 2.45) is 0 Å². The Morgan fingerprint density at radius 1 is 1.58 bits per heavy atom. The number of nitrogens with one attached hydrogen (secondary N) is 1. The molecule has 2 heterocycles. The Kier molecular flexibility index (Phi) is 4.75. The Balaban J connectivity index is 1.99. The van der Waals surface area contributed by atoms with Gasteiger partial charge in [0.1, 0.15) is 0 Å². The second-order valence-electron chi connectivity index (χ2n) is 5.79. The Labute approximate surface area is 122 Å². The van der Waals surface area contributed by atoms with Gasteiger partial charge in [-0.1, -0.05) is 0 Å². The fraction of sp³-hybridized carbons (Fsp3) is 0.643. The first kappa shape index (κ1) is 14.7. The third-order valence-electron chi connectivity index (χ3n) is 3.41. The maximum atomic E-state index is 9.73. The van der Waals surface area contributed by atoms with Gasteiger partial charge in [0.25, 0.3) is 0 Å². The normalized spacial score (nSPS) is 20.4. The number of aromatic nitrogens is 1. The van der Waals surface area contributed by atoms with Crippen molar-refractivity contribution >= 4 is 27.3 Å². The number of rotatable bonds is 5. The van der Waals surface area contributed by atoms with Crippen LogP contribution in [0.25, 0.3) is 0 Å². The SMILES string of the molecule is C[AsH]C1CCN(c2ccnc(NCC(C)(C)O)c2)C1. The molecular weight excluding hydrogens is 301 g/mol. The van der Waals surface area contributed by atoms with Gasteiger partial charge in [-0.15, -0.1) is 0 Å². The van der Waals surface area contributed by atoms with E-state index in [1.807, 2.05) is 6.20 Å². The van der Waals surface area contributed by atoms with Crippen molar-refractivity contribution in [1.82, 2.24) is 4.98 Å². The molecule has 2 unspecified atom stereocenters. The molecule has 2 N–H and O–H groups in total. The van der Waals surface area contributed by atoms with Crippen molar-refractivity contribution < 1.29 is 5.11 Å². The molecule has 0 spiro atoms. The monoisotopic (exact) mass is 325 g/mol. The van der Waals surface area contributed by atoms with Crippen LogP contribution >= 0.6 is 0 Å². The molecule has 106 valence electrons. The minimum absolute atomic E-state index is 0.224. The van der Waals surface area contributed by atoms with Crippen LogP contribution in [-0.4, -0.2) is 51.1 Å². The predicted octanol–water partition coefficient (Wildman–Crippen LogP) is 1.75. The second-order valence-corrected chi connectivity index (χ2v) is 8.71. The van der Waals surface area contributed by atoms with E-state index in [-0.39, 0.29) is 15.8 Å². The van der Waals surface area contributed by atoms with Crippen molar-refractivity contribution in [3.05, 3.63) is 18.3 Å². The summed E-state index contributed by atoms with van der Waals surface area (Å²) in [5.41, 5.74) is 2.91. The maximum absolute atomic E-state index is 9.73. The van der Waals surface area contributed by atoms with Crippen LogP contribution in [0.4, 0.5) is 11.5 Å². The minimum atomic E-state index is -0.719. The van der Waals surface area contributed by atoms with Gasteiger partial charge in [-0.05, 0) is 0 Å². The number of aliphatic hydroxyl groups is 1. The number of hydrogen-bond acceptors (Lipinski definition) is 4. The molecule has 1 aliphatic heterocycles. The molecule has 1 aromatic rings. The van der Waals surface area contributed by atoms with E-state index in [0.29, 0.717) is 6.54 Å². The van der Waals surface area contributed by atoms with Crippen LogP contribution in [0.5, 0.6) is 0 Å². The molecule has 0 aromatic carbocycles. The van der Waals surface area contributed by atoms with Gasteiger partial charge in [0, 0.05) is 0 Å². The van der Waals surface area contributed by atoms with E-state index < -0.39 is 5.60 Å². The molecular formula is C14H24AsN3O. The van der Waals surface area contributed by atoms with E-state index in [4.69, 9.17) is 0 Å². The zero-order valence-corrected chi connectivity index (χ0v) is 14.1. The van der Waals surface area contributed by atoms with Crippen molar-refractivity contribution in [2.75, 3.05) is 29.9 Å². The average Bonchev–Trinajstić information content (AvgIpc) is 2.85. The zero-order chi connectivity index (χ0) is 13.9. The summed E-state index contributed by atoms with van der Waals surface area (Å²) in [5, 5.41) is 12.9. The molecule has 5 heteroatoms. The molecule has 0 aliphatic carbocycles. The fourth-order valence-corrected chi connectivity index (χ4v) is 3.97. The summed E-state index contributed by atoms with van der Waals surface area (Å²) >= 11 is 0.224. The first-order valence-corrected chi connectivity index (χ1v) is 10.1. The second kappa shape index (κ2) is 6.15. The molecule has 0 radical (unpaired) electrons. The van der Waals surface area contributed by atoms with Crippen LogP contribution in [0.15, 0.2) is 18.3 Å². The van der Waals surface area contributed by atoms with Crippen LogP contribution in [0, 0.1) is 0 Å². The molecule has 4 nitrogen and oxygen atoms in total. The molecule has 1 fully saturated rings. The number of pyridine rings is 1. The Morgan fingerprint density at radius 2 is 2.37 bits per heavy atom. The van der Waals surface area contributed by atoms with Gasteiger partial charge in [-0.25, -0.2) is 0 Å². The summed E-state index contributed by atoms with van der Waals surface area (Å²) < 4.78 is 0.945. The quantitative estimate of drug-likeness (QED) is 0.810. The van der Waals surface area contributed by atoms with Crippen molar-refractivity contribution in [3.8, 4) is 0 Å². The van der Waals surface area contributed by atoms with Crippen LogP contribution in [0.1, 0.15) is 20.3 Å². The van der Waals surface area contributed by atoms with E-state index in [1.54, 1.807) is 13.8 Å². The standard InChI is InChI=1S/C14H24AsN3O/c1-14(2,19)10-17-13-8-12(4-6-16-13)18-7-5-11(9-18)15-3/h4,6,8,11,15,19H,5,7,9-10H2,1-3H3,(H,16,17). The van der Waals surface area contributed by atoms with Gasteiger partial charge >= 0.3 is 122 Å². The molecule has 2 rings (SSSR count). The molecule has 1 saturated heterocycles. The van der Waals surface area contributed by atoms with E-state index in [9.17, 15) is 5.11 Å². The predicted molar refractivity (Wildman–Crippen MR) is 82.6 cm³/mol. The van der Waals surface area contributed by atoms with Gasteiger partial charge in [0.15, 0.2) is 0 Å². The number of anilines is 2. The first-order chi connectivity index (χ1) is 8.98. The van der Waals surface area contributed by atoms with Crippen LogP contribution < -0.4 is 10.2 Å². The Bertz CT molecular complexity index is 419. The molecule has 1 aromatic heterocycles. The fourth-order valence-electron chi connectivity index (χ4n) is 2.25. The zero-order valence-electron chi connectivity index (χ0n) is 12.0. The van der Waals surface area contributed by atoms with Gasteiger partial charge in [-0.3, -0.25) is 0 Å². The molecule has 0 bridgehead atoms. The van der Waals surface area contributed by atoms with Crippen LogP contribution in [0.2, 0.25) is 10.4 Å². The first-order valence-electron chi connectivity index (χ1n) is 6.82. The van der Waals surface area contributed by atoms with Crippen molar-refractivity contribution in [2.45, 2.75) is 36.3 Å². The summed E-state index contributed by atoms with van der Waals surface area (Å²) in [5.74, 6) is 0.843. The molecule has 0 amide bonds. The topological polar surface area (TPSA) is 48.4 Å². The average molecular weight is 325 g/mol. The van der Waals surface area contributed by atoms with E-state index in [0.717, 1.165) is 17.1 Å². The van der Waals surface area contributed by atoms with Crippen LogP contribution in [0.3, 0.4) is 0 Å². The Hall–Kier alpha value is -0.732. The third-order valence-corrected chi connectivity index (χ3v) is 6.11. The van der Waals surface area contributed by atoms with Gasteiger partial charge in [-0.2, -0.15) is 0 Å². The number of nitrogens with zero attached hydrogens (tertiary/aromatic N) is 2. The Morgan fingerprint density at radius 3 is 3.00 bits per heavy atom.